The van der Waals surface area contributed by atoms with Crippen LogP contribution in [0.5, 0.6) is 0 Å². The van der Waals surface area contributed by atoms with Crippen molar-refractivity contribution in [3.63, 3.8) is 0 Å². The van der Waals surface area contributed by atoms with E-state index in [-0.39, 0.29) is 32.2 Å². The highest BCUT2D eigenvalue weighted by atomic mass is 35.5. The van der Waals surface area contributed by atoms with Gasteiger partial charge in [-0.15, -0.1) is 12.4 Å². The molecule has 0 fully saturated rings. The quantitative estimate of drug-likeness (QED) is 0.771. The van der Waals surface area contributed by atoms with Crippen molar-refractivity contribution in [2.75, 3.05) is 13.2 Å². The molecule has 0 aliphatic carbocycles. The Morgan fingerprint density at radius 2 is 1.90 bits per heavy atom. The molecule has 3 N–H and O–H groups in total. The Morgan fingerprint density at radius 1 is 1.25 bits per heavy atom. The van der Waals surface area contributed by atoms with Gasteiger partial charge in [0.15, 0.2) is 0 Å². The first-order valence-corrected chi connectivity index (χ1v) is 6.00. The van der Waals surface area contributed by atoms with Crippen molar-refractivity contribution in [1.29, 1.82) is 0 Å². The Hall–Kier alpha value is -1.79. The van der Waals surface area contributed by atoms with Gasteiger partial charge < -0.3 is 20.5 Å². The van der Waals surface area contributed by atoms with Gasteiger partial charge in [0.05, 0.1) is 6.61 Å². The predicted octanol–water partition coefficient (Wildman–Crippen LogP) is 1.23. The van der Waals surface area contributed by atoms with Crippen molar-refractivity contribution >= 4 is 24.5 Å². The maximum absolute atomic E-state index is 11.4. The van der Waals surface area contributed by atoms with E-state index in [9.17, 15) is 9.59 Å². The van der Waals surface area contributed by atoms with Crippen molar-refractivity contribution in [2.45, 2.75) is 19.6 Å². The molecular weight excluding hydrogens is 284 g/mol. The van der Waals surface area contributed by atoms with Gasteiger partial charge in [0.2, 0.25) is 0 Å². The summed E-state index contributed by atoms with van der Waals surface area (Å²) >= 11 is 0. The summed E-state index contributed by atoms with van der Waals surface area (Å²) in [6, 6.07) is 8.39. The van der Waals surface area contributed by atoms with E-state index in [1.165, 1.54) is 0 Å². The van der Waals surface area contributed by atoms with Gasteiger partial charge in [-0.3, -0.25) is 4.79 Å². The van der Waals surface area contributed by atoms with Crippen LogP contribution in [-0.2, 0) is 20.9 Å². The number of carbonyl (C=O) groups is 2. The molecule has 7 heteroatoms. The topological polar surface area (TPSA) is 90.6 Å². The molecule has 0 aliphatic rings. The van der Waals surface area contributed by atoms with Gasteiger partial charge in [-0.05, 0) is 12.5 Å². The van der Waals surface area contributed by atoms with Gasteiger partial charge in [-0.1, -0.05) is 30.3 Å². The molecule has 0 saturated carbocycles. The normalized spacial score (nSPS) is 10.9. The molecule has 1 amide bonds. The second-order valence-electron chi connectivity index (χ2n) is 3.80. The van der Waals surface area contributed by atoms with E-state index in [1.807, 2.05) is 30.3 Å². The first-order chi connectivity index (χ1) is 9.13. The van der Waals surface area contributed by atoms with E-state index in [4.69, 9.17) is 15.2 Å². The van der Waals surface area contributed by atoms with Crippen molar-refractivity contribution in [1.82, 2.24) is 5.32 Å². The van der Waals surface area contributed by atoms with E-state index in [0.29, 0.717) is 0 Å². The van der Waals surface area contributed by atoms with Gasteiger partial charge in [-0.25, -0.2) is 4.79 Å². The van der Waals surface area contributed by atoms with Gasteiger partial charge in [0.1, 0.15) is 12.6 Å². The van der Waals surface area contributed by atoms with Crippen molar-refractivity contribution in [3.05, 3.63) is 35.9 Å². The highest BCUT2D eigenvalue weighted by molar-refractivity contribution is 5.85. The summed E-state index contributed by atoms with van der Waals surface area (Å²) < 4.78 is 9.67. The van der Waals surface area contributed by atoms with Gasteiger partial charge in [-0.2, -0.15) is 0 Å². The number of halogens is 1. The third-order valence-electron chi connectivity index (χ3n) is 2.27. The first-order valence-electron chi connectivity index (χ1n) is 6.00. The molecule has 1 unspecified atom stereocenters. The van der Waals surface area contributed by atoms with Crippen LogP contribution < -0.4 is 11.1 Å². The Kier molecular flexibility index (Phi) is 9.15. The van der Waals surface area contributed by atoms with E-state index in [1.54, 1.807) is 6.92 Å². The van der Waals surface area contributed by atoms with Crippen molar-refractivity contribution < 1.29 is 19.1 Å². The molecule has 0 saturated heterocycles. The number of alkyl carbamates (subject to hydrolysis) is 1. The summed E-state index contributed by atoms with van der Waals surface area (Å²) in [5, 5.41) is 2.40. The Bertz CT molecular complexity index is 414. The molecule has 20 heavy (non-hydrogen) atoms. The summed E-state index contributed by atoms with van der Waals surface area (Å²) in [7, 11) is 0. The minimum Gasteiger partial charge on any atom is -0.465 e. The van der Waals surface area contributed by atoms with E-state index in [0.717, 1.165) is 5.56 Å². The van der Waals surface area contributed by atoms with Crippen LogP contribution in [-0.4, -0.2) is 31.3 Å². The molecular formula is C13H19ClN2O4. The largest absolute Gasteiger partial charge is 0.465 e. The van der Waals surface area contributed by atoms with E-state index < -0.39 is 18.1 Å². The number of hydrogen-bond donors (Lipinski definition) is 2. The molecule has 0 radical (unpaired) electrons. The fourth-order valence-corrected chi connectivity index (χ4v) is 1.30. The lowest BCUT2D eigenvalue weighted by Gasteiger charge is -2.11. The van der Waals surface area contributed by atoms with Crippen LogP contribution in [0.1, 0.15) is 12.5 Å². The van der Waals surface area contributed by atoms with Crippen LogP contribution in [0.2, 0.25) is 0 Å². The zero-order valence-electron chi connectivity index (χ0n) is 11.2. The smallest absolute Gasteiger partial charge is 0.407 e. The van der Waals surface area contributed by atoms with Gasteiger partial charge >= 0.3 is 12.1 Å². The summed E-state index contributed by atoms with van der Waals surface area (Å²) in [5.41, 5.74) is 6.40. The molecule has 0 bridgehead atoms. The third-order valence-corrected chi connectivity index (χ3v) is 2.27. The van der Waals surface area contributed by atoms with Crippen LogP contribution in [0.3, 0.4) is 0 Å². The fourth-order valence-electron chi connectivity index (χ4n) is 1.30. The number of benzene rings is 1. The summed E-state index contributed by atoms with van der Waals surface area (Å²) in [5.74, 6) is -0.550. The van der Waals surface area contributed by atoms with Gasteiger partial charge in [0, 0.05) is 6.54 Å². The lowest BCUT2D eigenvalue weighted by molar-refractivity contribution is -0.144. The number of amides is 1. The molecule has 112 valence electrons. The highest BCUT2D eigenvalue weighted by Crippen LogP contribution is 2.00. The second-order valence-corrected chi connectivity index (χ2v) is 3.80. The Balaban J connectivity index is 0.00000361. The molecule has 1 atom stereocenters. The minimum absolute atomic E-state index is 0. The highest BCUT2D eigenvalue weighted by Gasteiger charge is 2.15. The zero-order valence-corrected chi connectivity index (χ0v) is 12.0. The SMILES string of the molecule is CCOC(=O)C(N)CNC(=O)OCc1ccccc1.Cl. The average Bonchev–Trinajstić information content (AvgIpc) is 2.43. The standard InChI is InChI=1S/C13H18N2O4.ClH/c1-2-18-12(16)11(14)8-15-13(17)19-9-10-6-4-3-5-7-10;/h3-7,11H,2,8-9,14H2,1H3,(H,15,17);1H. The zero-order chi connectivity index (χ0) is 14.1. The Morgan fingerprint density at radius 3 is 2.50 bits per heavy atom. The van der Waals surface area contributed by atoms with Gasteiger partial charge in [0.25, 0.3) is 0 Å². The second kappa shape index (κ2) is 10.1. The lowest BCUT2D eigenvalue weighted by atomic mass is 10.2. The maximum Gasteiger partial charge on any atom is 0.407 e. The fraction of sp³-hybridized carbons (Fsp3) is 0.385. The summed E-state index contributed by atoms with van der Waals surface area (Å²) in [6.07, 6.45) is -0.622. The first kappa shape index (κ1) is 18.2. The monoisotopic (exact) mass is 302 g/mol. The summed E-state index contributed by atoms with van der Waals surface area (Å²) in [4.78, 5) is 22.6. The molecule has 0 spiro atoms. The minimum atomic E-state index is -0.885. The number of rotatable bonds is 6. The average molecular weight is 303 g/mol. The van der Waals surface area contributed by atoms with Crippen molar-refractivity contribution in [2.24, 2.45) is 5.73 Å². The molecule has 1 rings (SSSR count). The maximum atomic E-state index is 11.4. The van der Waals surface area contributed by atoms with E-state index in [2.05, 4.69) is 5.32 Å². The number of esters is 1. The van der Waals surface area contributed by atoms with Crippen LogP contribution in [0, 0.1) is 0 Å². The molecule has 1 aromatic carbocycles. The van der Waals surface area contributed by atoms with Crippen LogP contribution >= 0.6 is 12.4 Å². The number of ether oxygens (including phenoxy) is 2. The predicted molar refractivity (Wildman–Crippen MR) is 76.5 cm³/mol. The Labute approximate surface area is 124 Å². The molecule has 1 aromatic rings. The molecule has 0 aromatic heterocycles. The number of carbonyl (C=O) groups excluding carboxylic acids is 2. The number of hydrogen-bond acceptors (Lipinski definition) is 5. The molecule has 6 nitrogen and oxygen atoms in total. The van der Waals surface area contributed by atoms with Crippen LogP contribution in [0.25, 0.3) is 0 Å². The molecule has 0 aliphatic heterocycles. The summed E-state index contributed by atoms with van der Waals surface area (Å²) in [6.45, 7) is 2.09. The lowest BCUT2D eigenvalue weighted by Crippen LogP contribution is -2.43. The van der Waals surface area contributed by atoms with Crippen molar-refractivity contribution in [3.8, 4) is 0 Å². The molecule has 0 heterocycles. The number of nitrogens with two attached hydrogens (primary N) is 1. The third kappa shape index (κ3) is 6.96. The van der Waals surface area contributed by atoms with Crippen LogP contribution in [0.15, 0.2) is 30.3 Å². The van der Waals surface area contributed by atoms with Crippen LogP contribution in [0.4, 0.5) is 4.79 Å². The van der Waals surface area contributed by atoms with E-state index >= 15 is 0 Å². The number of nitrogens with one attached hydrogen (secondary N) is 1.